The van der Waals surface area contributed by atoms with Crippen molar-refractivity contribution in [1.29, 1.82) is 0 Å². The average Bonchev–Trinajstić information content (AvgIpc) is 3.36. The zero-order chi connectivity index (χ0) is 43.3. The second kappa shape index (κ2) is 20.8. The molecule has 0 saturated carbocycles. The summed E-state index contributed by atoms with van der Waals surface area (Å²) in [7, 11) is -4.19. The number of hydrogen-bond acceptors (Lipinski definition) is 6. The molecule has 0 spiro atoms. The monoisotopic (exact) mass is 874 g/mol. The van der Waals surface area contributed by atoms with Crippen LogP contribution in [0.5, 0.6) is 28.7 Å². The zero-order valence-electron chi connectivity index (χ0n) is 35.0. The lowest BCUT2D eigenvalue weighted by atomic mass is 10.1. The summed E-state index contributed by atoms with van der Waals surface area (Å²) in [6.07, 6.45) is -0.583. The molecule has 0 saturated heterocycles. The normalized spacial score (nSPS) is 11.5. The van der Waals surface area contributed by atoms with Gasteiger partial charge in [-0.15, -0.1) is 0 Å². The fourth-order valence-corrected chi connectivity index (χ4v) is 9.43. The van der Waals surface area contributed by atoms with Crippen molar-refractivity contribution < 1.29 is 27.1 Å². The van der Waals surface area contributed by atoms with Crippen molar-refractivity contribution in [3.63, 3.8) is 0 Å². The van der Waals surface area contributed by atoms with Gasteiger partial charge in [-0.05, 0) is 59.5 Å². The molecular formula is C56H44O6P2. The van der Waals surface area contributed by atoms with Crippen molar-refractivity contribution >= 4 is 17.2 Å². The molecule has 6 nitrogen and oxygen atoms in total. The lowest BCUT2D eigenvalue weighted by Gasteiger charge is -2.25. The summed E-state index contributed by atoms with van der Waals surface area (Å²) in [6.45, 7) is 1.97. The van der Waals surface area contributed by atoms with E-state index in [1.54, 1.807) is 0 Å². The minimum atomic E-state index is -2.12. The quantitative estimate of drug-likeness (QED) is 0.0850. The van der Waals surface area contributed by atoms with E-state index in [-0.39, 0.29) is 0 Å². The molecule has 0 radical (unpaired) electrons. The number of hydrogen-bond donors (Lipinski definition) is 0. The minimum absolute atomic E-state index is 0.528. The van der Waals surface area contributed by atoms with Crippen molar-refractivity contribution in [3.05, 3.63) is 248 Å². The van der Waals surface area contributed by atoms with Crippen LogP contribution < -0.4 is 22.6 Å². The summed E-state index contributed by atoms with van der Waals surface area (Å²) >= 11 is 0. The predicted molar refractivity (Wildman–Crippen MR) is 260 cm³/mol. The Morgan fingerprint density at radius 2 is 0.516 bits per heavy atom. The van der Waals surface area contributed by atoms with Crippen LogP contribution in [0.25, 0.3) is 44.5 Å². The van der Waals surface area contributed by atoms with Crippen LogP contribution in [0.1, 0.15) is 18.6 Å². The van der Waals surface area contributed by atoms with Crippen molar-refractivity contribution in [1.82, 2.24) is 0 Å². The Hall–Kier alpha value is -7.20. The Kier molecular flexibility index (Phi) is 13.7. The van der Waals surface area contributed by atoms with Gasteiger partial charge in [0.25, 0.3) is 0 Å². The van der Waals surface area contributed by atoms with Crippen LogP contribution in [0.3, 0.4) is 0 Å². The summed E-state index contributed by atoms with van der Waals surface area (Å²) in [5, 5.41) is 0. The SMILES string of the molecule is CC(OP(Oc1ccccc1-c1ccccc1)Oc1ccccc1-c1ccccc1)c1ccccc1OP(Oc1ccccc1-c1ccccc1)Oc1ccccc1-c1ccccc1. The van der Waals surface area contributed by atoms with Gasteiger partial charge >= 0.3 is 17.2 Å². The molecule has 0 heterocycles. The zero-order valence-corrected chi connectivity index (χ0v) is 36.8. The van der Waals surface area contributed by atoms with Crippen LogP contribution in [0.15, 0.2) is 243 Å². The summed E-state index contributed by atoms with van der Waals surface area (Å²) in [4.78, 5) is 0. The van der Waals surface area contributed by atoms with Crippen molar-refractivity contribution in [2.24, 2.45) is 0 Å². The molecule has 0 aliphatic carbocycles. The fourth-order valence-electron chi connectivity index (χ4n) is 7.21. The van der Waals surface area contributed by atoms with Gasteiger partial charge in [0.05, 0.1) is 6.10 Å². The van der Waals surface area contributed by atoms with Gasteiger partial charge in [0, 0.05) is 27.8 Å². The average molecular weight is 875 g/mol. The Balaban J connectivity index is 1.06. The highest BCUT2D eigenvalue weighted by molar-refractivity contribution is 7.43. The molecule has 0 bridgehead atoms. The smallest absolute Gasteiger partial charge is 0.417 e. The van der Waals surface area contributed by atoms with E-state index in [4.69, 9.17) is 27.1 Å². The highest BCUT2D eigenvalue weighted by Gasteiger charge is 2.29. The predicted octanol–water partition coefficient (Wildman–Crippen LogP) is 16.6. The summed E-state index contributed by atoms with van der Waals surface area (Å²) in [6, 6.07) is 80.1. The first kappa shape index (κ1) is 42.1. The molecule has 314 valence electrons. The van der Waals surface area contributed by atoms with E-state index < -0.39 is 23.3 Å². The molecule has 1 unspecified atom stereocenters. The fraction of sp³-hybridized carbons (Fsp3) is 0.0357. The highest BCUT2D eigenvalue weighted by Crippen LogP contribution is 2.52. The Morgan fingerprint density at radius 1 is 0.266 bits per heavy atom. The standard InChI is InChI=1S/C56H44O6P2/c1-42(57-63(59-53-38-20-15-33-48(53)43-24-6-2-7-25-43)60-54-39-21-16-34-49(54)44-26-8-3-9-27-44)47-32-14-19-37-52(47)58-64(61-55-40-22-17-35-50(55)45-28-10-4-11-29-45)62-56-41-23-18-36-51(56)46-30-12-5-13-31-46/h2-42H,1H3. The van der Waals surface area contributed by atoms with E-state index >= 15 is 0 Å². The molecule has 0 N–H and O–H groups in total. The second-order valence-corrected chi connectivity index (χ2v) is 16.7. The first-order valence-corrected chi connectivity index (χ1v) is 23.2. The first-order valence-electron chi connectivity index (χ1n) is 21.0. The van der Waals surface area contributed by atoms with Crippen molar-refractivity contribution in [2.45, 2.75) is 13.0 Å². The minimum Gasteiger partial charge on any atom is -0.417 e. The molecule has 64 heavy (non-hydrogen) atoms. The van der Waals surface area contributed by atoms with E-state index in [1.165, 1.54) is 0 Å². The van der Waals surface area contributed by atoms with E-state index in [9.17, 15) is 0 Å². The van der Waals surface area contributed by atoms with Gasteiger partial charge in [-0.25, -0.2) is 0 Å². The van der Waals surface area contributed by atoms with Crippen LogP contribution in [0.4, 0.5) is 0 Å². The van der Waals surface area contributed by atoms with Gasteiger partial charge in [-0.1, -0.05) is 212 Å². The maximum absolute atomic E-state index is 6.90. The van der Waals surface area contributed by atoms with Crippen molar-refractivity contribution in [3.8, 4) is 73.3 Å². The molecule has 9 rings (SSSR count). The molecule has 0 aromatic heterocycles. The van der Waals surface area contributed by atoms with Gasteiger partial charge in [-0.2, -0.15) is 0 Å². The molecule has 9 aromatic carbocycles. The lowest BCUT2D eigenvalue weighted by Crippen LogP contribution is -2.08. The molecule has 0 aliphatic heterocycles. The summed E-state index contributed by atoms with van der Waals surface area (Å²) < 4.78 is 41.1. The van der Waals surface area contributed by atoms with Crippen LogP contribution in [0, 0.1) is 0 Å². The van der Waals surface area contributed by atoms with Gasteiger partial charge in [0.1, 0.15) is 28.7 Å². The van der Waals surface area contributed by atoms with Gasteiger partial charge < -0.3 is 22.6 Å². The van der Waals surface area contributed by atoms with Gasteiger partial charge in [0.2, 0.25) is 0 Å². The highest BCUT2D eigenvalue weighted by atomic mass is 31.2. The third-order valence-corrected chi connectivity index (χ3v) is 12.6. The van der Waals surface area contributed by atoms with E-state index in [2.05, 4.69) is 48.5 Å². The largest absolute Gasteiger partial charge is 0.530 e. The maximum Gasteiger partial charge on any atom is 0.530 e. The molecule has 8 heteroatoms. The first-order chi connectivity index (χ1) is 31.7. The number of para-hydroxylation sites is 5. The Labute approximate surface area is 377 Å². The molecule has 9 aromatic rings. The number of rotatable bonds is 17. The van der Waals surface area contributed by atoms with Crippen molar-refractivity contribution in [2.75, 3.05) is 0 Å². The molecule has 1 atom stereocenters. The summed E-state index contributed by atoms with van der Waals surface area (Å²) in [5.74, 6) is 3.04. The van der Waals surface area contributed by atoms with Gasteiger partial charge in [0.15, 0.2) is 0 Å². The van der Waals surface area contributed by atoms with E-state index in [0.717, 1.165) is 50.1 Å². The van der Waals surface area contributed by atoms with E-state index in [1.807, 2.05) is 201 Å². The Bertz CT molecular complexity index is 2710. The van der Waals surface area contributed by atoms with E-state index in [0.29, 0.717) is 28.7 Å². The molecular weight excluding hydrogens is 831 g/mol. The lowest BCUT2D eigenvalue weighted by molar-refractivity contribution is 0.194. The topological polar surface area (TPSA) is 55.4 Å². The molecule has 0 fully saturated rings. The maximum atomic E-state index is 6.90. The van der Waals surface area contributed by atoms with Crippen LogP contribution in [0.2, 0.25) is 0 Å². The third-order valence-electron chi connectivity index (χ3n) is 10.4. The third kappa shape index (κ3) is 10.3. The number of benzene rings is 9. The summed E-state index contributed by atoms with van der Waals surface area (Å²) in [5.41, 5.74) is 8.46. The second-order valence-electron chi connectivity index (χ2n) is 14.6. The van der Waals surface area contributed by atoms with Gasteiger partial charge in [-0.3, -0.25) is 4.52 Å². The molecule has 0 aliphatic rings. The van der Waals surface area contributed by atoms with Crippen LogP contribution >= 0.6 is 17.2 Å². The van der Waals surface area contributed by atoms with Crippen LogP contribution in [-0.4, -0.2) is 0 Å². The van der Waals surface area contributed by atoms with Crippen LogP contribution in [-0.2, 0) is 4.52 Å². The molecule has 0 amide bonds. The Morgan fingerprint density at radius 3 is 0.859 bits per heavy atom.